The van der Waals surface area contributed by atoms with E-state index in [0.717, 1.165) is 18.8 Å². The molecule has 1 spiro atoms. The number of piperidine rings is 1. The van der Waals surface area contributed by atoms with Gasteiger partial charge in [-0.15, -0.1) is 0 Å². The summed E-state index contributed by atoms with van der Waals surface area (Å²) >= 11 is 0. The molecule has 0 amide bonds. The highest BCUT2D eigenvalue weighted by Gasteiger charge is 2.36. The van der Waals surface area contributed by atoms with Crippen molar-refractivity contribution in [1.82, 2.24) is 0 Å². The number of hydrogen-bond acceptors (Lipinski definition) is 3. The van der Waals surface area contributed by atoms with Crippen LogP contribution in [0.1, 0.15) is 48.9 Å². The van der Waals surface area contributed by atoms with Gasteiger partial charge in [-0.2, -0.15) is 0 Å². The molecule has 1 aromatic rings. The zero-order chi connectivity index (χ0) is 14.2. The summed E-state index contributed by atoms with van der Waals surface area (Å²) in [7, 11) is 0. The van der Waals surface area contributed by atoms with Crippen molar-refractivity contribution >= 4 is 17.3 Å². The van der Waals surface area contributed by atoms with Gasteiger partial charge in [-0.25, -0.2) is 4.79 Å². The Morgan fingerprint density at radius 1 is 1.15 bits per heavy atom. The Bertz CT molecular complexity index is 511. The molecule has 4 nitrogen and oxygen atoms in total. The first-order valence-electron chi connectivity index (χ1n) is 7.47. The van der Waals surface area contributed by atoms with Crippen molar-refractivity contribution in [3.8, 4) is 0 Å². The molecule has 4 heteroatoms. The number of benzene rings is 1. The van der Waals surface area contributed by atoms with Crippen LogP contribution in [0.2, 0.25) is 0 Å². The molecule has 0 unspecified atom stereocenters. The zero-order valence-corrected chi connectivity index (χ0v) is 11.8. The Morgan fingerprint density at radius 3 is 2.35 bits per heavy atom. The van der Waals surface area contributed by atoms with E-state index in [9.17, 15) is 4.79 Å². The molecule has 3 N–H and O–H groups in total. The summed E-state index contributed by atoms with van der Waals surface area (Å²) in [6.07, 6.45) is 8.07. The van der Waals surface area contributed by atoms with Crippen LogP contribution < -0.4 is 10.6 Å². The molecule has 2 fully saturated rings. The number of rotatable bonds is 2. The van der Waals surface area contributed by atoms with Crippen LogP contribution in [0.4, 0.5) is 11.4 Å². The van der Waals surface area contributed by atoms with Crippen LogP contribution in [0.5, 0.6) is 0 Å². The molecule has 1 heterocycles. The summed E-state index contributed by atoms with van der Waals surface area (Å²) in [4.78, 5) is 13.3. The quantitative estimate of drug-likeness (QED) is 0.813. The lowest BCUT2D eigenvalue weighted by Crippen LogP contribution is -2.38. The van der Waals surface area contributed by atoms with E-state index in [1.54, 1.807) is 12.1 Å². The van der Waals surface area contributed by atoms with E-state index in [2.05, 4.69) is 4.90 Å². The van der Waals surface area contributed by atoms with Gasteiger partial charge in [-0.3, -0.25) is 0 Å². The molecule has 3 rings (SSSR count). The number of carboxylic acids is 1. The lowest BCUT2D eigenvalue weighted by Gasteiger charge is -2.40. The monoisotopic (exact) mass is 274 g/mol. The molecule has 1 saturated carbocycles. The fraction of sp³-hybridized carbons (Fsp3) is 0.562. The smallest absolute Gasteiger partial charge is 0.337 e. The number of carboxylic acid groups (broad SMARTS) is 1. The summed E-state index contributed by atoms with van der Waals surface area (Å²) in [6.45, 7) is 2.12. The number of nitrogens with zero attached hydrogens (tertiary/aromatic N) is 1. The second-order valence-electron chi connectivity index (χ2n) is 6.27. The number of aromatic carboxylic acids is 1. The molecule has 1 aliphatic heterocycles. The number of carbonyl (C=O) groups is 1. The van der Waals surface area contributed by atoms with Crippen LogP contribution in [0, 0.1) is 5.41 Å². The molecule has 108 valence electrons. The molecular formula is C16H22N2O2. The maximum Gasteiger partial charge on any atom is 0.337 e. The first-order chi connectivity index (χ1) is 9.60. The fourth-order valence-electron chi connectivity index (χ4n) is 3.81. The predicted octanol–water partition coefficient (Wildman–Crippen LogP) is 3.13. The highest BCUT2D eigenvalue weighted by atomic mass is 16.4. The number of hydrogen-bond donors (Lipinski definition) is 2. The average molecular weight is 274 g/mol. The lowest BCUT2D eigenvalue weighted by molar-refractivity contribution is 0.0698. The largest absolute Gasteiger partial charge is 0.478 e. The third-order valence-electron chi connectivity index (χ3n) is 5.12. The highest BCUT2D eigenvalue weighted by molar-refractivity contribution is 5.94. The first-order valence-corrected chi connectivity index (χ1v) is 7.47. The van der Waals surface area contributed by atoms with Crippen LogP contribution >= 0.6 is 0 Å². The fourth-order valence-corrected chi connectivity index (χ4v) is 3.81. The van der Waals surface area contributed by atoms with Gasteiger partial charge in [0.2, 0.25) is 0 Å². The Morgan fingerprint density at radius 2 is 1.80 bits per heavy atom. The minimum atomic E-state index is -0.961. The average Bonchev–Trinajstić information content (AvgIpc) is 2.87. The van der Waals surface area contributed by atoms with Gasteiger partial charge in [0.05, 0.1) is 5.56 Å². The Kier molecular flexibility index (Phi) is 3.32. The van der Waals surface area contributed by atoms with Gasteiger partial charge < -0.3 is 15.7 Å². The van der Waals surface area contributed by atoms with E-state index in [4.69, 9.17) is 10.8 Å². The van der Waals surface area contributed by atoms with E-state index in [0.29, 0.717) is 11.1 Å². The summed E-state index contributed by atoms with van der Waals surface area (Å²) in [5.74, 6) is -0.961. The van der Waals surface area contributed by atoms with E-state index >= 15 is 0 Å². The third-order valence-corrected chi connectivity index (χ3v) is 5.12. The SMILES string of the molecule is Nc1cc(N2CCC3(CCCC3)CC2)ccc1C(=O)O. The third kappa shape index (κ3) is 2.35. The molecule has 0 aromatic heterocycles. The Labute approximate surface area is 119 Å². The van der Waals surface area contributed by atoms with Crippen molar-refractivity contribution in [2.24, 2.45) is 5.41 Å². The van der Waals surface area contributed by atoms with Crippen molar-refractivity contribution in [1.29, 1.82) is 0 Å². The molecule has 1 aromatic carbocycles. The minimum absolute atomic E-state index is 0.193. The summed E-state index contributed by atoms with van der Waals surface area (Å²) < 4.78 is 0. The van der Waals surface area contributed by atoms with Gasteiger partial charge in [-0.1, -0.05) is 12.8 Å². The van der Waals surface area contributed by atoms with Crippen LogP contribution in [0.25, 0.3) is 0 Å². The van der Waals surface area contributed by atoms with Crippen LogP contribution in [0.3, 0.4) is 0 Å². The zero-order valence-electron chi connectivity index (χ0n) is 11.8. The lowest BCUT2D eigenvalue weighted by atomic mass is 9.77. The summed E-state index contributed by atoms with van der Waals surface area (Å²) in [6, 6.07) is 5.30. The highest BCUT2D eigenvalue weighted by Crippen LogP contribution is 2.46. The van der Waals surface area contributed by atoms with Gasteiger partial charge >= 0.3 is 5.97 Å². The maximum atomic E-state index is 11.0. The molecule has 0 atom stereocenters. The molecular weight excluding hydrogens is 252 g/mol. The van der Waals surface area contributed by atoms with E-state index in [1.807, 2.05) is 6.07 Å². The van der Waals surface area contributed by atoms with Gasteiger partial charge in [0.25, 0.3) is 0 Å². The molecule has 0 bridgehead atoms. The van der Waals surface area contributed by atoms with Crippen LogP contribution in [-0.2, 0) is 0 Å². The van der Waals surface area contributed by atoms with Gasteiger partial charge in [-0.05, 0) is 49.3 Å². The van der Waals surface area contributed by atoms with Crippen LogP contribution in [-0.4, -0.2) is 24.2 Å². The molecule has 1 saturated heterocycles. The van der Waals surface area contributed by atoms with Gasteiger partial charge in [0, 0.05) is 24.5 Å². The van der Waals surface area contributed by atoms with Crippen molar-refractivity contribution in [3.05, 3.63) is 23.8 Å². The topological polar surface area (TPSA) is 66.6 Å². The predicted molar refractivity (Wildman–Crippen MR) is 80.2 cm³/mol. The Balaban J connectivity index is 1.72. The van der Waals surface area contributed by atoms with Crippen molar-refractivity contribution in [3.63, 3.8) is 0 Å². The maximum absolute atomic E-state index is 11.0. The summed E-state index contributed by atoms with van der Waals surface area (Å²) in [5, 5.41) is 9.01. The number of nitrogens with two attached hydrogens (primary N) is 1. The molecule has 2 aliphatic rings. The molecule has 20 heavy (non-hydrogen) atoms. The van der Waals surface area contributed by atoms with Crippen molar-refractivity contribution in [2.75, 3.05) is 23.7 Å². The van der Waals surface area contributed by atoms with Crippen molar-refractivity contribution in [2.45, 2.75) is 38.5 Å². The van der Waals surface area contributed by atoms with E-state index in [-0.39, 0.29) is 5.56 Å². The number of nitrogen functional groups attached to an aromatic ring is 1. The second-order valence-corrected chi connectivity index (χ2v) is 6.27. The van der Waals surface area contributed by atoms with Gasteiger partial charge in [0.15, 0.2) is 0 Å². The van der Waals surface area contributed by atoms with Crippen molar-refractivity contribution < 1.29 is 9.90 Å². The minimum Gasteiger partial charge on any atom is -0.478 e. The van der Waals surface area contributed by atoms with Gasteiger partial charge in [0.1, 0.15) is 0 Å². The van der Waals surface area contributed by atoms with E-state index < -0.39 is 5.97 Å². The second kappa shape index (κ2) is 5.00. The van der Waals surface area contributed by atoms with E-state index in [1.165, 1.54) is 38.5 Å². The normalized spacial score (nSPS) is 21.3. The standard InChI is InChI=1S/C16H22N2O2/c17-14-11-12(3-4-13(14)15(19)20)18-9-7-16(8-10-18)5-1-2-6-16/h3-4,11H,1-2,5-10,17H2,(H,19,20). The summed E-state index contributed by atoms with van der Waals surface area (Å²) in [5.41, 5.74) is 8.04. The molecule has 1 aliphatic carbocycles. The molecule has 0 radical (unpaired) electrons. The first kappa shape index (κ1) is 13.3. The number of anilines is 2. The van der Waals surface area contributed by atoms with Crippen LogP contribution in [0.15, 0.2) is 18.2 Å². The Hall–Kier alpha value is -1.71.